The Hall–Kier alpha value is -11.4. The van der Waals surface area contributed by atoms with Gasteiger partial charge in [-0.2, -0.15) is 19.9 Å². The van der Waals surface area contributed by atoms with Gasteiger partial charge in [0.2, 0.25) is 11.9 Å². The van der Waals surface area contributed by atoms with Crippen molar-refractivity contribution < 1.29 is 8.83 Å². The molecular formula is C75H48N8O2. The first-order valence-electron chi connectivity index (χ1n) is 28.5. The minimum absolute atomic E-state index is 0.164. The molecule has 1 aliphatic carbocycles. The average molecular weight is 1090 g/mol. The van der Waals surface area contributed by atoms with E-state index in [4.69, 9.17) is 38.7 Å². The van der Waals surface area contributed by atoms with E-state index >= 15 is 0 Å². The van der Waals surface area contributed by atoms with E-state index in [1.54, 1.807) is 0 Å². The Bertz CT molecular complexity index is 5400. The van der Waals surface area contributed by atoms with Gasteiger partial charge in [-0.3, -0.25) is 9.13 Å². The van der Waals surface area contributed by atoms with Crippen LogP contribution in [-0.4, -0.2) is 39.0 Å². The van der Waals surface area contributed by atoms with Crippen molar-refractivity contribution in [2.75, 3.05) is 0 Å². The van der Waals surface area contributed by atoms with Crippen LogP contribution in [0.3, 0.4) is 0 Å². The standard InChI is InChI=1S/C42H28N4O.C33H20N4O/c1-42(2)32-19-11-9-17-27(32)30-23-31-28-21-22-36-37(29-18-10-12-20-35(29)47-36)38(28)46(34(31)24-33(30)42)41-44-39(25-13-5-3-6-14-25)43-40(45-41)26-15-7-4-8-16-26;1-3-11-21(12-4-1)31-34-32(22-13-5-2-6-14-22)36-33(35-31)37-26-17-9-7-15-23(26)24-19-20-28-29(30(24)37)25-16-8-10-18-27(25)38-28/h3-24H,1-2H3;1-20H. The van der Waals surface area contributed by atoms with E-state index in [9.17, 15) is 0 Å². The second kappa shape index (κ2) is 18.8. The van der Waals surface area contributed by atoms with Crippen LogP contribution in [-0.2, 0) is 5.41 Å². The number of hydrogen-bond donors (Lipinski definition) is 0. The lowest BCUT2D eigenvalue weighted by Crippen LogP contribution is -2.15. The minimum atomic E-state index is -0.164. The summed E-state index contributed by atoms with van der Waals surface area (Å²) in [5.41, 5.74) is 16.3. The maximum atomic E-state index is 6.43. The zero-order valence-corrected chi connectivity index (χ0v) is 46.1. The summed E-state index contributed by atoms with van der Waals surface area (Å²) >= 11 is 0. The molecule has 0 atom stereocenters. The van der Waals surface area contributed by atoms with Gasteiger partial charge in [0.05, 0.1) is 32.8 Å². The molecule has 0 unspecified atom stereocenters. The van der Waals surface area contributed by atoms with Crippen molar-refractivity contribution in [2.45, 2.75) is 19.3 Å². The molecule has 0 spiro atoms. The quantitative estimate of drug-likeness (QED) is 0.162. The lowest BCUT2D eigenvalue weighted by atomic mass is 9.82. The number of aromatic nitrogens is 8. The van der Waals surface area contributed by atoms with Crippen molar-refractivity contribution in [3.8, 4) is 68.6 Å². The Morgan fingerprint density at radius 2 is 0.694 bits per heavy atom. The second-order valence-corrected chi connectivity index (χ2v) is 22.2. The number of rotatable bonds is 6. The number of nitrogens with zero attached hydrogens (tertiary/aromatic N) is 8. The van der Waals surface area contributed by atoms with Crippen LogP contribution in [0.15, 0.2) is 264 Å². The molecule has 0 bridgehead atoms. The first-order valence-corrected chi connectivity index (χ1v) is 28.5. The van der Waals surface area contributed by atoms with Crippen LogP contribution in [0, 0.1) is 0 Å². The topological polar surface area (TPSA) is 113 Å². The molecule has 17 aromatic rings. The van der Waals surface area contributed by atoms with Gasteiger partial charge in [-0.25, -0.2) is 9.97 Å². The Balaban J connectivity index is 0.000000136. The van der Waals surface area contributed by atoms with Crippen LogP contribution >= 0.6 is 0 Å². The maximum absolute atomic E-state index is 6.43. The highest BCUT2D eigenvalue weighted by molar-refractivity contribution is 6.26. The molecule has 0 amide bonds. The van der Waals surface area contributed by atoms with E-state index in [1.807, 2.05) is 152 Å². The summed E-state index contributed by atoms with van der Waals surface area (Å²) in [5, 5.41) is 8.79. The number of para-hydroxylation sites is 3. The smallest absolute Gasteiger partial charge is 0.238 e. The molecule has 85 heavy (non-hydrogen) atoms. The van der Waals surface area contributed by atoms with Crippen LogP contribution in [0.1, 0.15) is 25.0 Å². The van der Waals surface area contributed by atoms with Gasteiger partial charge >= 0.3 is 0 Å². The van der Waals surface area contributed by atoms with Gasteiger partial charge in [-0.1, -0.05) is 214 Å². The molecule has 0 aliphatic heterocycles. The summed E-state index contributed by atoms with van der Waals surface area (Å²) in [6.45, 7) is 4.64. The molecule has 11 aromatic carbocycles. The first-order chi connectivity index (χ1) is 41.9. The average Bonchev–Trinajstić information content (AvgIpc) is 3.52. The summed E-state index contributed by atoms with van der Waals surface area (Å²) in [4.78, 5) is 30.4. The third kappa shape index (κ3) is 7.58. The van der Waals surface area contributed by atoms with E-state index in [1.165, 1.54) is 22.3 Å². The zero-order valence-electron chi connectivity index (χ0n) is 46.1. The van der Waals surface area contributed by atoms with Gasteiger partial charge in [-0.05, 0) is 76.9 Å². The molecular weight excluding hydrogens is 1040 g/mol. The molecule has 6 aromatic heterocycles. The van der Waals surface area contributed by atoms with Crippen LogP contribution in [0.5, 0.6) is 0 Å². The monoisotopic (exact) mass is 1090 g/mol. The fourth-order valence-corrected chi connectivity index (χ4v) is 13.0. The number of furan rings is 2. The highest BCUT2D eigenvalue weighted by atomic mass is 16.3. The molecule has 10 heteroatoms. The lowest BCUT2D eigenvalue weighted by Gasteiger charge is -2.21. The highest BCUT2D eigenvalue weighted by Crippen LogP contribution is 2.52. The van der Waals surface area contributed by atoms with Crippen LogP contribution in [0.25, 0.3) is 156 Å². The normalized spacial score (nSPS) is 12.7. The summed E-state index contributed by atoms with van der Waals surface area (Å²) < 4.78 is 17.1. The highest BCUT2D eigenvalue weighted by Gasteiger charge is 2.37. The second-order valence-electron chi connectivity index (χ2n) is 22.2. The van der Waals surface area contributed by atoms with Gasteiger partial charge in [0.1, 0.15) is 22.3 Å². The van der Waals surface area contributed by atoms with Gasteiger partial charge in [0.15, 0.2) is 23.3 Å². The third-order valence-corrected chi connectivity index (χ3v) is 16.9. The zero-order chi connectivity index (χ0) is 56.3. The molecule has 0 fully saturated rings. The van der Waals surface area contributed by atoms with Gasteiger partial charge < -0.3 is 8.83 Å². The van der Waals surface area contributed by atoms with Gasteiger partial charge in [0, 0.05) is 60.0 Å². The van der Waals surface area contributed by atoms with E-state index in [0.29, 0.717) is 35.2 Å². The van der Waals surface area contributed by atoms with Crippen LogP contribution < -0.4 is 0 Å². The Labute approximate surface area is 486 Å². The van der Waals surface area contributed by atoms with E-state index in [2.05, 4.69) is 126 Å². The van der Waals surface area contributed by atoms with Crippen molar-refractivity contribution in [2.24, 2.45) is 0 Å². The molecule has 10 nitrogen and oxygen atoms in total. The Morgan fingerprint density at radius 1 is 0.294 bits per heavy atom. The fourth-order valence-electron chi connectivity index (χ4n) is 13.0. The number of hydrogen-bond acceptors (Lipinski definition) is 8. The maximum Gasteiger partial charge on any atom is 0.238 e. The Kier molecular flexibility index (Phi) is 10.7. The van der Waals surface area contributed by atoms with Crippen molar-refractivity contribution >= 4 is 87.5 Å². The van der Waals surface area contributed by atoms with Gasteiger partial charge in [0.25, 0.3) is 0 Å². The van der Waals surface area contributed by atoms with E-state index in [0.717, 1.165) is 110 Å². The summed E-state index contributed by atoms with van der Waals surface area (Å²) in [5.74, 6) is 3.66. The molecule has 0 saturated carbocycles. The van der Waals surface area contributed by atoms with Crippen LogP contribution in [0.4, 0.5) is 0 Å². The number of benzene rings is 11. The Morgan fingerprint density at radius 3 is 1.19 bits per heavy atom. The summed E-state index contributed by atoms with van der Waals surface area (Å²) in [7, 11) is 0. The summed E-state index contributed by atoms with van der Waals surface area (Å²) in [6.07, 6.45) is 0. The van der Waals surface area contributed by atoms with Crippen LogP contribution in [0.2, 0.25) is 0 Å². The fraction of sp³-hybridized carbons (Fsp3) is 0.0400. The molecule has 400 valence electrons. The predicted octanol–water partition coefficient (Wildman–Crippen LogP) is 18.7. The number of fused-ring (bicyclic) bond motifs is 17. The predicted molar refractivity (Wildman–Crippen MR) is 342 cm³/mol. The van der Waals surface area contributed by atoms with Gasteiger partial charge in [-0.15, -0.1) is 0 Å². The third-order valence-electron chi connectivity index (χ3n) is 16.9. The SMILES string of the molecule is CC1(C)c2ccccc2-c2cc3c4ccc5oc6ccccc6c5c4n(-c4nc(-c5ccccc5)nc(-c5ccccc5)n4)c3cc21.c1ccc(-c2nc(-c3ccccc3)nc(-n3c4ccccc4c4ccc5oc6ccccc6c5c43)n2)cc1. The van der Waals surface area contributed by atoms with Crippen molar-refractivity contribution in [1.29, 1.82) is 0 Å². The molecule has 18 rings (SSSR count). The first kappa shape index (κ1) is 48.4. The minimum Gasteiger partial charge on any atom is -0.456 e. The molecule has 0 radical (unpaired) electrons. The van der Waals surface area contributed by atoms with E-state index in [-0.39, 0.29) is 5.41 Å². The molecule has 0 N–H and O–H groups in total. The summed E-state index contributed by atoms with van der Waals surface area (Å²) in [6, 6.07) is 87.3. The van der Waals surface area contributed by atoms with E-state index < -0.39 is 0 Å². The molecule has 1 aliphatic rings. The lowest BCUT2D eigenvalue weighted by molar-refractivity contribution is 0.661. The molecule has 6 heterocycles. The molecule has 0 saturated heterocycles. The van der Waals surface area contributed by atoms with Crippen molar-refractivity contribution in [3.05, 3.63) is 266 Å². The largest absolute Gasteiger partial charge is 0.456 e. The van der Waals surface area contributed by atoms with Crippen molar-refractivity contribution in [1.82, 2.24) is 39.0 Å². The van der Waals surface area contributed by atoms with Crippen molar-refractivity contribution in [3.63, 3.8) is 0 Å².